The van der Waals surface area contributed by atoms with Gasteiger partial charge in [0.05, 0.1) is 0 Å². The Morgan fingerprint density at radius 3 is 2.55 bits per heavy atom. The Morgan fingerprint density at radius 2 is 2.00 bits per heavy atom. The molecule has 1 aliphatic heterocycles. The van der Waals surface area contributed by atoms with Crippen LogP contribution in [0.25, 0.3) is 0 Å². The summed E-state index contributed by atoms with van der Waals surface area (Å²) in [6.45, 7) is 6.11. The van der Waals surface area contributed by atoms with Gasteiger partial charge in [0.25, 0.3) is 0 Å². The number of likely N-dealkylation sites (tertiary alicyclic amines) is 1. The van der Waals surface area contributed by atoms with E-state index in [0.29, 0.717) is 0 Å². The quantitative estimate of drug-likeness (QED) is 0.551. The topological polar surface area (TPSA) is 3.24 Å². The Balaban J connectivity index is 1.82. The van der Waals surface area contributed by atoms with Crippen LogP contribution in [0.4, 0.5) is 0 Å². The molecule has 11 heavy (non-hydrogen) atoms. The molecular formula is C10H17N. The maximum atomic E-state index is 2.73. The van der Waals surface area contributed by atoms with E-state index in [1.165, 1.54) is 18.9 Å². The third kappa shape index (κ3) is 0.703. The first kappa shape index (κ1) is 6.47. The zero-order valence-corrected chi connectivity index (χ0v) is 7.46. The normalized spacial score (nSPS) is 53.7. The number of piperidine rings is 1. The lowest BCUT2D eigenvalue weighted by molar-refractivity contribution is 0.161. The Morgan fingerprint density at radius 1 is 1.18 bits per heavy atom. The molecule has 0 aromatic rings. The fraction of sp³-hybridized carbons (Fsp3) is 1.00. The first-order chi connectivity index (χ1) is 5.27. The Labute approximate surface area is 68.8 Å². The highest BCUT2D eigenvalue weighted by atomic mass is 15.2. The minimum absolute atomic E-state index is 0.798. The van der Waals surface area contributed by atoms with E-state index in [0.717, 1.165) is 23.9 Å². The molecule has 0 aromatic carbocycles. The van der Waals surface area contributed by atoms with Crippen LogP contribution in [0.3, 0.4) is 0 Å². The van der Waals surface area contributed by atoms with Crippen LogP contribution in [-0.4, -0.2) is 23.5 Å². The molecule has 3 aliphatic rings. The summed E-state index contributed by atoms with van der Waals surface area (Å²) in [5.41, 5.74) is 0. The van der Waals surface area contributed by atoms with E-state index in [1.807, 2.05) is 0 Å². The number of fused-ring (bicyclic) bond motifs is 5. The number of hydrogen-bond donors (Lipinski definition) is 0. The number of rotatable bonds is 1. The fourth-order valence-electron chi connectivity index (χ4n) is 3.47. The predicted molar refractivity (Wildman–Crippen MR) is 45.3 cm³/mol. The Kier molecular flexibility index (Phi) is 1.07. The minimum Gasteiger partial charge on any atom is -0.297 e. The minimum atomic E-state index is 0.798. The van der Waals surface area contributed by atoms with Crippen molar-refractivity contribution in [1.82, 2.24) is 4.90 Å². The second-order valence-corrected chi connectivity index (χ2v) is 4.92. The summed E-state index contributed by atoms with van der Waals surface area (Å²) in [5, 5.41) is 0. The van der Waals surface area contributed by atoms with Crippen molar-refractivity contribution in [3.8, 4) is 0 Å². The Hall–Kier alpha value is -0.0400. The van der Waals surface area contributed by atoms with Crippen molar-refractivity contribution >= 4 is 0 Å². The van der Waals surface area contributed by atoms with E-state index in [4.69, 9.17) is 0 Å². The van der Waals surface area contributed by atoms with Gasteiger partial charge < -0.3 is 0 Å². The van der Waals surface area contributed by atoms with E-state index in [1.54, 1.807) is 6.42 Å². The van der Waals surface area contributed by atoms with Crippen LogP contribution in [0.2, 0.25) is 0 Å². The molecule has 0 radical (unpaired) electrons. The van der Waals surface area contributed by atoms with Gasteiger partial charge in [0, 0.05) is 18.6 Å². The zero-order valence-electron chi connectivity index (χ0n) is 7.46. The lowest BCUT2D eigenvalue weighted by Gasteiger charge is -2.30. The molecule has 62 valence electrons. The highest BCUT2D eigenvalue weighted by Gasteiger charge is 2.60. The lowest BCUT2D eigenvalue weighted by atomic mass is 10.1. The van der Waals surface area contributed by atoms with E-state index in [2.05, 4.69) is 18.7 Å². The zero-order chi connectivity index (χ0) is 7.59. The summed E-state index contributed by atoms with van der Waals surface area (Å²) in [6, 6.07) is 1.80. The molecule has 3 rings (SSSR count). The highest BCUT2D eigenvalue weighted by molar-refractivity contribution is 5.12. The van der Waals surface area contributed by atoms with Crippen LogP contribution in [0, 0.1) is 17.8 Å². The third-order valence-corrected chi connectivity index (χ3v) is 4.07. The molecular weight excluding hydrogens is 134 g/mol. The van der Waals surface area contributed by atoms with Crippen molar-refractivity contribution in [3.05, 3.63) is 0 Å². The van der Waals surface area contributed by atoms with Gasteiger partial charge in [-0.1, -0.05) is 0 Å². The summed E-state index contributed by atoms with van der Waals surface area (Å²) in [7, 11) is 0. The summed E-state index contributed by atoms with van der Waals surface area (Å²) < 4.78 is 0. The van der Waals surface area contributed by atoms with Crippen molar-refractivity contribution in [1.29, 1.82) is 0 Å². The van der Waals surface area contributed by atoms with Crippen LogP contribution in [0.5, 0.6) is 0 Å². The van der Waals surface area contributed by atoms with E-state index in [9.17, 15) is 0 Å². The van der Waals surface area contributed by atoms with E-state index < -0.39 is 0 Å². The van der Waals surface area contributed by atoms with Gasteiger partial charge in [0.15, 0.2) is 0 Å². The maximum absolute atomic E-state index is 2.73. The molecule has 0 N–H and O–H groups in total. The molecule has 0 spiro atoms. The number of nitrogens with zero attached hydrogens (tertiary/aromatic N) is 1. The monoisotopic (exact) mass is 151 g/mol. The molecule has 1 heteroatoms. The third-order valence-electron chi connectivity index (χ3n) is 4.07. The second kappa shape index (κ2) is 1.82. The summed E-state index contributed by atoms with van der Waals surface area (Å²) >= 11 is 0. The van der Waals surface area contributed by atoms with Crippen LogP contribution in [0.15, 0.2) is 0 Å². The smallest absolute Gasteiger partial charge is 0.0132 e. The van der Waals surface area contributed by atoms with E-state index >= 15 is 0 Å². The maximum Gasteiger partial charge on any atom is 0.0132 e. The van der Waals surface area contributed by atoms with Gasteiger partial charge in [-0.2, -0.15) is 0 Å². The van der Waals surface area contributed by atoms with Crippen molar-refractivity contribution in [3.63, 3.8) is 0 Å². The number of hydrogen-bond acceptors (Lipinski definition) is 1. The largest absolute Gasteiger partial charge is 0.297 e. The van der Waals surface area contributed by atoms with Crippen LogP contribution >= 0.6 is 0 Å². The van der Waals surface area contributed by atoms with Gasteiger partial charge in [-0.15, -0.1) is 0 Å². The average Bonchev–Trinajstić information content (AvgIpc) is 2.57. The van der Waals surface area contributed by atoms with Crippen molar-refractivity contribution in [2.24, 2.45) is 17.8 Å². The van der Waals surface area contributed by atoms with Crippen molar-refractivity contribution < 1.29 is 0 Å². The Bertz CT molecular complexity index is 187. The van der Waals surface area contributed by atoms with Gasteiger partial charge in [-0.3, -0.25) is 4.90 Å². The first-order valence-corrected chi connectivity index (χ1v) is 5.03. The standard InChI is InChI=1S/C10H17N/c1-6(2)11-5-7-3-10(11)9-4-8(7)9/h6-10H,3-5H2,1-2H3/t7-,8-,9-,10-/m0/s1. The molecule has 3 fully saturated rings. The predicted octanol–water partition coefficient (Wildman–Crippen LogP) is 1.74. The van der Waals surface area contributed by atoms with Crippen LogP contribution in [0.1, 0.15) is 26.7 Å². The van der Waals surface area contributed by atoms with Gasteiger partial charge in [-0.25, -0.2) is 0 Å². The lowest BCUT2D eigenvalue weighted by Crippen LogP contribution is -2.39. The molecule has 4 atom stereocenters. The van der Waals surface area contributed by atoms with Crippen molar-refractivity contribution in [2.45, 2.75) is 38.8 Å². The summed E-state index contributed by atoms with van der Waals surface area (Å²) in [5.74, 6) is 3.42. The molecule has 0 amide bonds. The molecule has 1 nitrogen and oxygen atoms in total. The van der Waals surface area contributed by atoms with Crippen molar-refractivity contribution in [2.75, 3.05) is 6.54 Å². The highest BCUT2D eigenvalue weighted by Crippen LogP contribution is 2.61. The molecule has 0 unspecified atom stereocenters. The summed E-state index contributed by atoms with van der Waals surface area (Å²) in [6.07, 6.45) is 3.10. The second-order valence-electron chi connectivity index (χ2n) is 4.92. The van der Waals surface area contributed by atoms with Gasteiger partial charge in [-0.05, 0) is 44.4 Å². The van der Waals surface area contributed by atoms with Crippen LogP contribution < -0.4 is 0 Å². The molecule has 2 bridgehead atoms. The first-order valence-electron chi connectivity index (χ1n) is 5.03. The summed E-state index contributed by atoms with van der Waals surface area (Å²) in [4.78, 5) is 2.73. The molecule has 1 heterocycles. The molecule has 2 aliphatic carbocycles. The fourth-order valence-corrected chi connectivity index (χ4v) is 3.47. The van der Waals surface area contributed by atoms with Gasteiger partial charge in [0.2, 0.25) is 0 Å². The molecule has 2 saturated carbocycles. The van der Waals surface area contributed by atoms with Crippen LogP contribution in [-0.2, 0) is 0 Å². The SMILES string of the molecule is CC(C)N1C[C@@H]2C[C@H]1[C@H]1C[C@@H]21. The molecule has 1 saturated heterocycles. The van der Waals surface area contributed by atoms with Gasteiger partial charge >= 0.3 is 0 Å². The van der Waals surface area contributed by atoms with E-state index in [-0.39, 0.29) is 0 Å². The molecule has 0 aromatic heterocycles. The average molecular weight is 151 g/mol. The van der Waals surface area contributed by atoms with Gasteiger partial charge in [0.1, 0.15) is 0 Å².